The molecule has 1 aromatic heterocycles. The Labute approximate surface area is 116 Å². The van der Waals surface area contributed by atoms with Gasteiger partial charge < -0.3 is 9.15 Å². The van der Waals surface area contributed by atoms with Gasteiger partial charge in [0.15, 0.2) is 0 Å². The summed E-state index contributed by atoms with van der Waals surface area (Å²) < 4.78 is 10.2. The first-order chi connectivity index (χ1) is 9.45. The highest BCUT2D eigenvalue weighted by Gasteiger charge is 2.04. The molecule has 0 spiro atoms. The van der Waals surface area contributed by atoms with Gasteiger partial charge in [0.05, 0.1) is 6.61 Å². The molecule has 0 unspecified atom stereocenters. The SMILES string of the molecule is C=C(C)C([O])=O.CCOc1cc2ccccc2oc1=O. The molecule has 1 aromatic carbocycles. The van der Waals surface area contributed by atoms with Gasteiger partial charge in [-0.2, -0.15) is 0 Å². The summed E-state index contributed by atoms with van der Waals surface area (Å²) in [5.41, 5.74) is 0.224. The van der Waals surface area contributed by atoms with Crippen LogP contribution in [0.3, 0.4) is 0 Å². The van der Waals surface area contributed by atoms with E-state index in [2.05, 4.69) is 6.58 Å². The molecule has 0 amide bonds. The van der Waals surface area contributed by atoms with Gasteiger partial charge in [0.25, 0.3) is 0 Å². The molecule has 0 saturated heterocycles. The lowest BCUT2D eigenvalue weighted by molar-refractivity contribution is -0.138. The smallest absolute Gasteiger partial charge is 0.381 e. The summed E-state index contributed by atoms with van der Waals surface area (Å²) in [5, 5.41) is 10.4. The number of hydrogen-bond donors (Lipinski definition) is 0. The molecule has 0 saturated carbocycles. The molecular formula is C15H15O5. The zero-order valence-corrected chi connectivity index (χ0v) is 11.3. The van der Waals surface area contributed by atoms with Crippen LogP contribution in [0.4, 0.5) is 0 Å². The first kappa shape index (κ1) is 15.5. The van der Waals surface area contributed by atoms with Gasteiger partial charge in [0.2, 0.25) is 5.75 Å². The van der Waals surface area contributed by atoms with Gasteiger partial charge in [-0.3, -0.25) is 0 Å². The standard InChI is InChI=1S/C11H10O3.C4H5O2/c1-2-13-10-7-8-5-3-4-6-9(8)14-11(10)12;1-3(2)4(5)6/h3-7H,2H2,1H3;1H2,2H3. The molecule has 1 heterocycles. The number of carbonyl (C=O) groups is 1. The van der Waals surface area contributed by atoms with Crippen molar-refractivity contribution in [3.8, 4) is 5.75 Å². The normalized spacial score (nSPS) is 9.50. The third-order valence-electron chi connectivity index (χ3n) is 2.26. The number of fused-ring (bicyclic) bond motifs is 1. The lowest BCUT2D eigenvalue weighted by Crippen LogP contribution is -2.05. The average molecular weight is 275 g/mol. The molecule has 0 aliphatic rings. The van der Waals surface area contributed by atoms with E-state index in [0.717, 1.165) is 5.39 Å². The molecule has 105 valence electrons. The molecule has 0 fully saturated rings. The Morgan fingerprint density at radius 1 is 1.35 bits per heavy atom. The summed E-state index contributed by atoms with van der Waals surface area (Å²) in [5.74, 6) is -0.916. The van der Waals surface area contributed by atoms with Crippen LogP contribution in [0.2, 0.25) is 0 Å². The summed E-state index contributed by atoms with van der Waals surface area (Å²) in [6, 6.07) is 9.04. The Kier molecular flexibility index (Phi) is 5.53. The van der Waals surface area contributed by atoms with Crippen LogP contribution in [-0.4, -0.2) is 12.6 Å². The first-order valence-electron chi connectivity index (χ1n) is 5.98. The molecule has 0 aliphatic carbocycles. The van der Waals surface area contributed by atoms with Crippen LogP contribution >= 0.6 is 0 Å². The van der Waals surface area contributed by atoms with E-state index < -0.39 is 11.6 Å². The van der Waals surface area contributed by atoms with Crippen molar-refractivity contribution in [2.45, 2.75) is 13.8 Å². The fourth-order valence-electron chi connectivity index (χ4n) is 1.30. The minimum absolute atomic E-state index is 0.0648. The summed E-state index contributed by atoms with van der Waals surface area (Å²) in [4.78, 5) is 20.8. The maximum absolute atomic E-state index is 11.3. The quantitative estimate of drug-likeness (QED) is 0.637. The van der Waals surface area contributed by atoms with E-state index in [1.807, 2.05) is 25.1 Å². The van der Waals surface area contributed by atoms with Gasteiger partial charge in [-0.25, -0.2) is 14.7 Å². The summed E-state index contributed by atoms with van der Waals surface area (Å²) in [6.45, 7) is 6.77. The number of benzene rings is 1. The predicted molar refractivity (Wildman–Crippen MR) is 74.2 cm³/mol. The molecule has 1 radical (unpaired) electrons. The molecule has 5 nitrogen and oxygen atoms in total. The molecule has 0 atom stereocenters. The van der Waals surface area contributed by atoms with Gasteiger partial charge >= 0.3 is 11.6 Å². The van der Waals surface area contributed by atoms with Gasteiger partial charge in [-0.1, -0.05) is 24.8 Å². The van der Waals surface area contributed by atoms with Crippen molar-refractivity contribution in [1.29, 1.82) is 0 Å². The number of hydrogen-bond acceptors (Lipinski definition) is 4. The summed E-state index contributed by atoms with van der Waals surface area (Å²) in [6.07, 6.45) is 0. The zero-order valence-electron chi connectivity index (χ0n) is 11.3. The average Bonchev–Trinajstić information content (AvgIpc) is 2.40. The van der Waals surface area contributed by atoms with Gasteiger partial charge in [-0.05, 0) is 26.0 Å². The molecule has 5 heteroatoms. The third-order valence-corrected chi connectivity index (χ3v) is 2.26. The van der Waals surface area contributed by atoms with E-state index in [1.54, 1.807) is 12.1 Å². The van der Waals surface area contributed by atoms with E-state index in [9.17, 15) is 14.7 Å². The Bertz CT molecular complexity index is 657. The highest BCUT2D eigenvalue weighted by Crippen LogP contribution is 2.16. The van der Waals surface area contributed by atoms with E-state index in [0.29, 0.717) is 12.2 Å². The highest BCUT2D eigenvalue weighted by molar-refractivity contribution is 5.84. The monoisotopic (exact) mass is 275 g/mol. The Morgan fingerprint density at radius 3 is 2.50 bits per heavy atom. The Hall–Kier alpha value is -2.56. The second kappa shape index (κ2) is 7.13. The second-order valence-electron chi connectivity index (χ2n) is 3.94. The van der Waals surface area contributed by atoms with Crippen molar-refractivity contribution in [3.05, 3.63) is 52.9 Å². The molecule has 2 rings (SSSR count). The predicted octanol–water partition coefficient (Wildman–Crippen LogP) is 2.71. The maximum atomic E-state index is 11.3. The van der Waals surface area contributed by atoms with Crippen molar-refractivity contribution in [2.24, 2.45) is 0 Å². The summed E-state index contributed by atoms with van der Waals surface area (Å²) >= 11 is 0. The first-order valence-corrected chi connectivity index (χ1v) is 5.98. The van der Waals surface area contributed by atoms with E-state index in [1.165, 1.54) is 6.92 Å². The van der Waals surface area contributed by atoms with Crippen LogP contribution in [0, 0.1) is 0 Å². The minimum Gasteiger partial charge on any atom is -0.487 e. The van der Waals surface area contributed by atoms with Crippen molar-refractivity contribution >= 4 is 16.9 Å². The topological polar surface area (TPSA) is 76.4 Å². The highest BCUT2D eigenvalue weighted by atomic mass is 16.5. The van der Waals surface area contributed by atoms with Gasteiger partial charge in [0.1, 0.15) is 5.58 Å². The third kappa shape index (κ3) is 4.28. The second-order valence-corrected chi connectivity index (χ2v) is 3.94. The number of rotatable bonds is 3. The molecular weight excluding hydrogens is 260 g/mol. The van der Waals surface area contributed by atoms with Crippen LogP contribution in [0.5, 0.6) is 5.75 Å². The number of para-hydroxylation sites is 1. The van der Waals surface area contributed by atoms with Crippen molar-refractivity contribution < 1.29 is 19.1 Å². The van der Waals surface area contributed by atoms with E-state index in [4.69, 9.17) is 9.15 Å². The minimum atomic E-state index is -1.19. The fourth-order valence-corrected chi connectivity index (χ4v) is 1.30. The van der Waals surface area contributed by atoms with Crippen LogP contribution < -0.4 is 10.4 Å². The van der Waals surface area contributed by atoms with Crippen LogP contribution in [0.1, 0.15) is 13.8 Å². The van der Waals surface area contributed by atoms with Crippen LogP contribution in [0.25, 0.3) is 11.0 Å². The molecule has 0 aliphatic heterocycles. The Balaban J connectivity index is 0.000000286. The lowest BCUT2D eigenvalue weighted by Gasteiger charge is -2.01. The molecule has 0 bridgehead atoms. The summed E-state index contributed by atoms with van der Waals surface area (Å²) in [7, 11) is 0. The largest absolute Gasteiger partial charge is 0.487 e. The van der Waals surface area contributed by atoms with Crippen molar-refractivity contribution in [1.82, 2.24) is 0 Å². The Morgan fingerprint density at radius 2 is 1.95 bits per heavy atom. The van der Waals surface area contributed by atoms with E-state index >= 15 is 0 Å². The van der Waals surface area contributed by atoms with Crippen molar-refractivity contribution in [3.63, 3.8) is 0 Å². The molecule has 0 N–H and O–H groups in total. The zero-order chi connectivity index (χ0) is 15.1. The fraction of sp³-hybridized carbons (Fsp3) is 0.200. The van der Waals surface area contributed by atoms with Crippen molar-refractivity contribution in [2.75, 3.05) is 6.61 Å². The number of ether oxygens (including phenoxy) is 1. The van der Waals surface area contributed by atoms with Crippen LogP contribution in [-0.2, 0) is 9.90 Å². The van der Waals surface area contributed by atoms with E-state index in [-0.39, 0.29) is 11.3 Å². The van der Waals surface area contributed by atoms with Crippen LogP contribution in [0.15, 0.2) is 51.7 Å². The van der Waals surface area contributed by atoms with Gasteiger partial charge in [-0.15, -0.1) is 0 Å². The lowest BCUT2D eigenvalue weighted by atomic mass is 10.2. The van der Waals surface area contributed by atoms with Gasteiger partial charge in [0, 0.05) is 11.0 Å². The molecule has 20 heavy (non-hydrogen) atoms. The molecule has 2 aromatic rings. The number of carbonyl (C=O) groups excluding carboxylic acids is 1. The maximum Gasteiger partial charge on any atom is 0.381 e.